The van der Waals surface area contributed by atoms with E-state index in [0.29, 0.717) is 0 Å². The Morgan fingerprint density at radius 3 is 2.70 bits per heavy atom. The van der Waals surface area contributed by atoms with Crippen LogP contribution < -0.4 is 5.32 Å². The number of halogens is 4. The molecule has 1 aromatic carbocycles. The predicted octanol–water partition coefficient (Wildman–Crippen LogP) is 4.05. The summed E-state index contributed by atoms with van der Waals surface area (Å²) in [7, 11) is 1.38. The molecule has 3 aromatic rings. The summed E-state index contributed by atoms with van der Waals surface area (Å²) in [5, 5.41) is 5.76. The Kier molecular flexibility index (Phi) is 3.59. The van der Waals surface area contributed by atoms with Crippen LogP contribution in [0.15, 0.2) is 30.3 Å². The van der Waals surface area contributed by atoms with Crippen LogP contribution in [0, 0.1) is 5.82 Å². The predicted molar refractivity (Wildman–Crippen MR) is 77.9 cm³/mol. The van der Waals surface area contributed by atoms with Gasteiger partial charge in [-0.15, -0.1) is 11.3 Å². The molecule has 4 nitrogen and oxygen atoms in total. The second-order valence-electron chi connectivity index (χ2n) is 4.76. The van der Waals surface area contributed by atoms with E-state index in [9.17, 15) is 22.4 Å². The number of aromatic nitrogens is 2. The lowest BCUT2D eigenvalue weighted by molar-refractivity contribution is -0.140. The number of nitrogens with zero attached hydrogens (tertiary/aromatic N) is 2. The first kappa shape index (κ1) is 15.5. The van der Waals surface area contributed by atoms with Gasteiger partial charge in [0.05, 0.1) is 4.88 Å². The second-order valence-corrected chi connectivity index (χ2v) is 5.79. The molecule has 1 N–H and O–H groups in total. The van der Waals surface area contributed by atoms with Gasteiger partial charge in [-0.25, -0.2) is 4.39 Å². The number of nitrogens with one attached hydrogen (secondary N) is 1. The number of fused-ring (bicyclic) bond motifs is 1. The molecule has 0 fully saturated rings. The Morgan fingerprint density at radius 2 is 2.04 bits per heavy atom. The van der Waals surface area contributed by atoms with Crippen molar-refractivity contribution in [3.8, 4) is 0 Å². The number of thiophene rings is 1. The standard InChI is InChI=1S/C14H9F4N3OS/c1-21-13-9(11(20-21)14(16,17)18)6-10(23-13)12(22)19-8-4-2-3-7(15)5-8/h2-6H,1H3,(H,19,22). The van der Waals surface area contributed by atoms with E-state index in [-0.39, 0.29) is 20.8 Å². The SMILES string of the molecule is Cn1nc(C(F)(F)F)c2cc(C(=O)Nc3cccc(F)c3)sc21. The number of amides is 1. The van der Waals surface area contributed by atoms with Gasteiger partial charge in [-0.2, -0.15) is 18.3 Å². The quantitative estimate of drug-likeness (QED) is 0.714. The molecular formula is C14H9F4N3OS. The van der Waals surface area contributed by atoms with Gasteiger partial charge in [0.2, 0.25) is 0 Å². The Hall–Kier alpha value is -2.42. The molecular weight excluding hydrogens is 334 g/mol. The monoisotopic (exact) mass is 343 g/mol. The Balaban J connectivity index is 1.96. The highest BCUT2D eigenvalue weighted by molar-refractivity contribution is 7.20. The van der Waals surface area contributed by atoms with Crippen molar-refractivity contribution >= 4 is 33.1 Å². The van der Waals surface area contributed by atoms with Crippen molar-refractivity contribution in [2.45, 2.75) is 6.18 Å². The number of alkyl halides is 3. The van der Waals surface area contributed by atoms with Crippen LogP contribution in [0.4, 0.5) is 23.2 Å². The van der Waals surface area contributed by atoms with Crippen LogP contribution in [0.2, 0.25) is 0 Å². The van der Waals surface area contributed by atoms with Crippen LogP contribution in [0.25, 0.3) is 10.2 Å². The fraction of sp³-hybridized carbons (Fsp3) is 0.143. The summed E-state index contributed by atoms with van der Waals surface area (Å²) in [5.41, 5.74) is -0.808. The topological polar surface area (TPSA) is 46.9 Å². The van der Waals surface area contributed by atoms with E-state index in [2.05, 4.69) is 10.4 Å². The van der Waals surface area contributed by atoms with E-state index in [0.717, 1.165) is 28.2 Å². The first-order chi connectivity index (χ1) is 10.8. The summed E-state index contributed by atoms with van der Waals surface area (Å²) < 4.78 is 52.9. The van der Waals surface area contributed by atoms with Gasteiger partial charge in [0.25, 0.3) is 5.91 Å². The fourth-order valence-electron chi connectivity index (χ4n) is 2.12. The molecule has 23 heavy (non-hydrogen) atoms. The summed E-state index contributed by atoms with van der Waals surface area (Å²) in [6, 6.07) is 6.38. The number of hydrogen-bond acceptors (Lipinski definition) is 3. The van der Waals surface area contributed by atoms with Gasteiger partial charge in [-0.3, -0.25) is 9.48 Å². The van der Waals surface area contributed by atoms with Gasteiger partial charge in [0.15, 0.2) is 5.69 Å². The molecule has 2 heterocycles. The zero-order chi connectivity index (χ0) is 16.8. The summed E-state index contributed by atoms with van der Waals surface area (Å²) in [6.45, 7) is 0. The summed E-state index contributed by atoms with van der Waals surface area (Å²) in [4.78, 5) is 12.5. The van der Waals surface area contributed by atoms with E-state index in [1.165, 1.54) is 25.2 Å². The van der Waals surface area contributed by atoms with Crippen molar-refractivity contribution in [2.24, 2.45) is 7.05 Å². The smallest absolute Gasteiger partial charge is 0.321 e. The molecule has 1 amide bonds. The van der Waals surface area contributed by atoms with Crippen molar-refractivity contribution in [2.75, 3.05) is 5.32 Å². The van der Waals surface area contributed by atoms with Gasteiger partial charge in [0.1, 0.15) is 10.6 Å². The second kappa shape index (κ2) is 5.34. The van der Waals surface area contributed by atoms with E-state index < -0.39 is 23.6 Å². The number of hydrogen-bond donors (Lipinski definition) is 1. The van der Waals surface area contributed by atoms with Crippen molar-refractivity contribution in [3.05, 3.63) is 46.7 Å². The van der Waals surface area contributed by atoms with Crippen LogP contribution in [0.5, 0.6) is 0 Å². The average Bonchev–Trinajstić information content (AvgIpc) is 2.99. The number of carbonyl (C=O) groups is 1. The van der Waals surface area contributed by atoms with Gasteiger partial charge >= 0.3 is 6.18 Å². The molecule has 0 spiro atoms. The third-order valence-electron chi connectivity index (χ3n) is 3.09. The number of carbonyl (C=O) groups excluding carboxylic acids is 1. The maximum atomic E-state index is 13.1. The van der Waals surface area contributed by atoms with E-state index in [4.69, 9.17) is 0 Å². The van der Waals surface area contributed by atoms with Crippen molar-refractivity contribution in [1.82, 2.24) is 9.78 Å². The van der Waals surface area contributed by atoms with Crippen molar-refractivity contribution < 1.29 is 22.4 Å². The Morgan fingerprint density at radius 1 is 1.30 bits per heavy atom. The Bertz CT molecular complexity index is 897. The lowest BCUT2D eigenvalue weighted by atomic mass is 10.2. The van der Waals surface area contributed by atoms with Crippen LogP contribution in [-0.4, -0.2) is 15.7 Å². The summed E-state index contributed by atoms with van der Waals surface area (Å²) >= 11 is 0.887. The molecule has 0 bridgehead atoms. The summed E-state index contributed by atoms with van der Waals surface area (Å²) in [5.74, 6) is -1.13. The minimum Gasteiger partial charge on any atom is -0.321 e. The molecule has 0 atom stereocenters. The van der Waals surface area contributed by atoms with Crippen molar-refractivity contribution in [3.63, 3.8) is 0 Å². The molecule has 2 aromatic heterocycles. The average molecular weight is 343 g/mol. The van der Waals surface area contributed by atoms with E-state index in [1.807, 2.05) is 0 Å². The number of aryl methyl sites for hydroxylation is 1. The molecule has 0 aliphatic carbocycles. The third-order valence-corrected chi connectivity index (χ3v) is 4.29. The van der Waals surface area contributed by atoms with Gasteiger partial charge in [0, 0.05) is 18.1 Å². The number of rotatable bonds is 2. The van der Waals surface area contributed by atoms with Gasteiger partial charge < -0.3 is 5.32 Å². The van der Waals surface area contributed by atoms with Gasteiger partial charge in [-0.1, -0.05) is 6.07 Å². The highest BCUT2D eigenvalue weighted by Gasteiger charge is 2.37. The minimum atomic E-state index is -4.60. The molecule has 0 aliphatic heterocycles. The lowest BCUT2D eigenvalue weighted by Gasteiger charge is -2.03. The fourth-order valence-corrected chi connectivity index (χ4v) is 3.09. The number of benzene rings is 1. The summed E-state index contributed by atoms with van der Waals surface area (Å²) in [6.07, 6.45) is -4.60. The maximum Gasteiger partial charge on any atom is 0.435 e. The lowest BCUT2D eigenvalue weighted by Crippen LogP contribution is -2.10. The largest absolute Gasteiger partial charge is 0.435 e. The zero-order valence-electron chi connectivity index (χ0n) is 11.6. The maximum absolute atomic E-state index is 13.1. The normalized spacial score (nSPS) is 11.9. The van der Waals surface area contributed by atoms with Crippen molar-refractivity contribution in [1.29, 1.82) is 0 Å². The third kappa shape index (κ3) is 2.91. The molecule has 3 rings (SSSR count). The van der Waals surface area contributed by atoms with Gasteiger partial charge in [-0.05, 0) is 24.3 Å². The molecule has 120 valence electrons. The molecule has 0 saturated carbocycles. The Labute approximate surface area is 131 Å². The molecule has 0 aliphatic rings. The highest BCUT2D eigenvalue weighted by atomic mass is 32.1. The zero-order valence-corrected chi connectivity index (χ0v) is 12.4. The van der Waals surface area contributed by atoms with E-state index >= 15 is 0 Å². The van der Waals surface area contributed by atoms with Crippen LogP contribution in [-0.2, 0) is 13.2 Å². The van der Waals surface area contributed by atoms with E-state index in [1.54, 1.807) is 0 Å². The first-order valence-corrected chi connectivity index (χ1v) is 7.18. The van der Waals surface area contributed by atoms with Crippen LogP contribution >= 0.6 is 11.3 Å². The molecule has 0 unspecified atom stereocenters. The number of anilines is 1. The first-order valence-electron chi connectivity index (χ1n) is 6.36. The minimum absolute atomic E-state index is 0.0859. The highest BCUT2D eigenvalue weighted by Crippen LogP contribution is 2.37. The molecule has 9 heteroatoms. The molecule has 0 radical (unpaired) electrons. The van der Waals surface area contributed by atoms with Crippen LogP contribution in [0.3, 0.4) is 0 Å². The molecule has 0 saturated heterocycles. The van der Waals surface area contributed by atoms with Crippen LogP contribution in [0.1, 0.15) is 15.4 Å².